The van der Waals surface area contributed by atoms with Crippen molar-refractivity contribution < 1.29 is 4.79 Å². The van der Waals surface area contributed by atoms with E-state index >= 15 is 0 Å². The maximum atomic E-state index is 11.0. The summed E-state index contributed by atoms with van der Waals surface area (Å²) < 4.78 is 0. The van der Waals surface area contributed by atoms with Crippen LogP contribution in [0.4, 0.5) is 11.6 Å². The van der Waals surface area contributed by atoms with Gasteiger partial charge in [0.2, 0.25) is 5.91 Å². The number of hydrogen-bond acceptors (Lipinski definition) is 6. The first-order chi connectivity index (χ1) is 10.1. The third-order valence-corrected chi connectivity index (χ3v) is 4.21. The molecule has 1 aromatic heterocycles. The van der Waals surface area contributed by atoms with Gasteiger partial charge in [0.25, 0.3) is 0 Å². The predicted molar refractivity (Wildman–Crippen MR) is 86.7 cm³/mol. The molecule has 0 unspecified atom stereocenters. The number of nitrogens with zero attached hydrogens (tertiary/aromatic N) is 3. The SMILES string of the molecule is CCNc1cc(N2CCC(CC(N)=O)CC2)nc(SC)n1. The molecule has 116 valence electrons. The number of nitrogens with one attached hydrogen (secondary N) is 1. The molecule has 0 atom stereocenters. The molecule has 0 aromatic carbocycles. The maximum absolute atomic E-state index is 11.0. The van der Waals surface area contributed by atoms with Gasteiger partial charge in [-0.3, -0.25) is 4.79 Å². The van der Waals surface area contributed by atoms with Gasteiger partial charge in [-0.15, -0.1) is 0 Å². The Bertz CT molecular complexity index is 488. The number of aromatic nitrogens is 2. The normalized spacial score (nSPS) is 16.0. The highest BCUT2D eigenvalue weighted by Gasteiger charge is 2.22. The number of piperidine rings is 1. The largest absolute Gasteiger partial charge is 0.370 e. The topological polar surface area (TPSA) is 84.1 Å². The highest BCUT2D eigenvalue weighted by molar-refractivity contribution is 7.98. The van der Waals surface area contributed by atoms with Gasteiger partial charge in [-0.1, -0.05) is 11.8 Å². The number of anilines is 2. The third kappa shape index (κ3) is 4.49. The van der Waals surface area contributed by atoms with Crippen LogP contribution in [0.25, 0.3) is 0 Å². The lowest BCUT2D eigenvalue weighted by molar-refractivity contribution is -0.119. The Morgan fingerprint density at radius 3 is 2.76 bits per heavy atom. The van der Waals surface area contributed by atoms with Crippen molar-refractivity contribution in [1.82, 2.24) is 9.97 Å². The van der Waals surface area contributed by atoms with E-state index in [1.165, 1.54) is 0 Å². The quantitative estimate of drug-likeness (QED) is 0.615. The van der Waals surface area contributed by atoms with Gasteiger partial charge in [0.1, 0.15) is 11.6 Å². The zero-order chi connectivity index (χ0) is 15.2. The molecule has 1 aliphatic heterocycles. The summed E-state index contributed by atoms with van der Waals surface area (Å²) in [5.74, 6) is 2.04. The number of carbonyl (C=O) groups excluding carboxylic acids is 1. The molecule has 0 radical (unpaired) electrons. The van der Waals surface area contributed by atoms with Crippen LogP contribution in [0.1, 0.15) is 26.2 Å². The number of rotatable bonds is 6. The number of hydrogen-bond donors (Lipinski definition) is 2. The molecule has 2 rings (SSSR count). The molecule has 21 heavy (non-hydrogen) atoms. The molecule has 1 fully saturated rings. The van der Waals surface area contributed by atoms with Crippen molar-refractivity contribution in [3.8, 4) is 0 Å². The van der Waals surface area contributed by atoms with Crippen molar-refractivity contribution in [2.45, 2.75) is 31.3 Å². The van der Waals surface area contributed by atoms with Gasteiger partial charge in [0.05, 0.1) is 0 Å². The summed E-state index contributed by atoms with van der Waals surface area (Å²) in [7, 11) is 0. The number of carbonyl (C=O) groups is 1. The average Bonchev–Trinajstić information content (AvgIpc) is 2.47. The molecule has 1 saturated heterocycles. The first-order valence-electron chi connectivity index (χ1n) is 7.32. The molecule has 2 heterocycles. The lowest BCUT2D eigenvalue weighted by atomic mass is 9.93. The summed E-state index contributed by atoms with van der Waals surface area (Å²) in [6.45, 7) is 4.71. The Balaban J connectivity index is 2.05. The smallest absolute Gasteiger partial charge is 0.217 e. The van der Waals surface area contributed by atoms with Crippen LogP contribution in [-0.2, 0) is 4.79 Å². The van der Waals surface area contributed by atoms with E-state index in [0.29, 0.717) is 12.3 Å². The van der Waals surface area contributed by atoms with Crippen molar-refractivity contribution in [2.75, 3.05) is 36.1 Å². The monoisotopic (exact) mass is 309 g/mol. The molecule has 0 saturated carbocycles. The lowest BCUT2D eigenvalue weighted by Crippen LogP contribution is -2.35. The summed E-state index contributed by atoms with van der Waals surface area (Å²) in [5.41, 5.74) is 5.28. The van der Waals surface area contributed by atoms with Gasteiger partial charge < -0.3 is 16.0 Å². The minimum absolute atomic E-state index is 0.199. The van der Waals surface area contributed by atoms with E-state index in [9.17, 15) is 4.79 Å². The van der Waals surface area contributed by atoms with E-state index in [2.05, 4.69) is 27.1 Å². The van der Waals surface area contributed by atoms with E-state index < -0.39 is 0 Å². The molecular formula is C14H23N5OS. The number of primary amides is 1. The maximum Gasteiger partial charge on any atom is 0.217 e. The fourth-order valence-electron chi connectivity index (χ4n) is 2.59. The van der Waals surface area contributed by atoms with E-state index in [0.717, 1.165) is 49.3 Å². The van der Waals surface area contributed by atoms with Crippen molar-refractivity contribution in [3.63, 3.8) is 0 Å². The molecule has 1 aliphatic rings. The highest BCUT2D eigenvalue weighted by Crippen LogP contribution is 2.26. The molecule has 0 spiro atoms. The van der Waals surface area contributed by atoms with Crippen LogP contribution in [0.5, 0.6) is 0 Å². The second-order valence-corrected chi connectivity index (χ2v) is 6.00. The second-order valence-electron chi connectivity index (χ2n) is 5.23. The number of thioether (sulfide) groups is 1. The van der Waals surface area contributed by atoms with E-state index in [-0.39, 0.29) is 5.91 Å². The Morgan fingerprint density at radius 2 is 2.19 bits per heavy atom. The van der Waals surface area contributed by atoms with Gasteiger partial charge in [-0.25, -0.2) is 9.97 Å². The van der Waals surface area contributed by atoms with Crippen LogP contribution in [0.15, 0.2) is 11.2 Å². The van der Waals surface area contributed by atoms with E-state index in [1.807, 2.05) is 12.3 Å². The first kappa shape index (κ1) is 15.9. The first-order valence-corrected chi connectivity index (χ1v) is 8.55. The fraction of sp³-hybridized carbons (Fsp3) is 0.643. The molecule has 1 amide bonds. The Labute approximate surface area is 129 Å². The summed E-state index contributed by atoms with van der Waals surface area (Å²) in [6.07, 6.45) is 4.44. The van der Waals surface area contributed by atoms with Crippen LogP contribution in [0.2, 0.25) is 0 Å². The molecule has 7 heteroatoms. The number of nitrogens with two attached hydrogens (primary N) is 1. The standard InChI is InChI=1S/C14H23N5OS/c1-3-16-12-9-13(18-14(17-12)21-2)19-6-4-10(5-7-19)8-11(15)20/h9-10H,3-8H2,1-2H3,(H2,15,20)(H,16,17,18). The van der Waals surface area contributed by atoms with E-state index in [4.69, 9.17) is 5.73 Å². The Kier molecular flexibility index (Phi) is 5.67. The van der Waals surface area contributed by atoms with Gasteiger partial charge >= 0.3 is 0 Å². The predicted octanol–water partition coefficient (Wildman–Crippen LogP) is 1.72. The Morgan fingerprint density at radius 1 is 1.48 bits per heavy atom. The van der Waals surface area contributed by atoms with Crippen molar-refractivity contribution in [2.24, 2.45) is 11.7 Å². The van der Waals surface area contributed by atoms with Crippen molar-refractivity contribution in [3.05, 3.63) is 6.07 Å². The van der Waals surface area contributed by atoms with Crippen LogP contribution in [-0.4, -0.2) is 41.8 Å². The van der Waals surface area contributed by atoms with E-state index in [1.54, 1.807) is 11.8 Å². The van der Waals surface area contributed by atoms with Crippen molar-refractivity contribution >= 4 is 29.3 Å². The highest BCUT2D eigenvalue weighted by atomic mass is 32.2. The average molecular weight is 309 g/mol. The summed E-state index contributed by atoms with van der Waals surface area (Å²) in [5, 5.41) is 4.02. The summed E-state index contributed by atoms with van der Waals surface area (Å²) >= 11 is 1.55. The second kappa shape index (κ2) is 7.49. The van der Waals surface area contributed by atoms with Gasteiger partial charge in [-0.2, -0.15) is 0 Å². The summed E-state index contributed by atoms with van der Waals surface area (Å²) in [4.78, 5) is 22.3. The van der Waals surface area contributed by atoms with Gasteiger partial charge in [0.15, 0.2) is 5.16 Å². The molecule has 1 aromatic rings. The van der Waals surface area contributed by atoms with Crippen LogP contribution in [0.3, 0.4) is 0 Å². The zero-order valence-electron chi connectivity index (χ0n) is 12.6. The molecule has 0 aliphatic carbocycles. The van der Waals surface area contributed by atoms with Crippen LogP contribution < -0.4 is 16.0 Å². The number of amides is 1. The zero-order valence-corrected chi connectivity index (χ0v) is 13.4. The molecule has 3 N–H and O–H groups in total. The van der Waals surface area contributed by atoms with Gasteiger partial charge in [0, 0.05) is 32.1 Å². The van der Waals surface area contributed by atoms with Crippen LogP contribution in [0, 0.1) is 5.92 Å². The van der Waals surface area contributed by atoms with Crippen molar-refractivity contribution in [1.29, 1.82) is 0 Å². The van der Waals surface area contributed by atoms with Gasteiger partial charge in [-0.05, 0) is 31.9 Å². The summed E-state index contributed by atoms with van der Waals surface area (Å²) in [6, 6.07) is 2.00. The molecular weight excluding hydrogens is 286 g/mol. The fourth-order valence-corrected chi connectivity index (χ4v) is 2.96. The lowest BCUT2D eigenvalue weighted by Gasteiger charge is -2.32. The Hall–Kier alpha value is -1.50. The minimum atomic E-state index is -0.199. The minimum Gasteiger partial charge on any atom is -0.370 e. The third-order valence-electron chi connectivity index (χ3n) is 3.66. The molecule has 0 bridgehead atoms. The molecule has 6 nitrogen and oxygen atoms in total. The van der Waals surface area contributed by atoms with Crippen LogP contribution >= 0.6 is 11.8 Å².